The van der Waals surface area contributed by atoms with Crippen LogP contribution in [0.4, 0.5) is 0 Å². The van der Waals surface area contributed by atoms with Gasteiger partial charge in [-0.05, 0) is 18.6 Å². The van der Waals surface area contributed by atoms with Crippen LogP contribution in [0.3, 0.4) is 0 Å². The quantitative estimate of drug-likeness (QED) is 0.827. The van der Waals surface area contributed by atoms with Gasteiger partial charge in [0.2, 0.25) is 5.91 Å². The zero-order valence-electron chi connectivity index (χ0n) is 11.2. The molecule has 0 aromatic carbocycles. The second-order valence-corrected chi connectivity index (χ2v) is 4.75. The number of carboxylic acids is 1. The Morgan fingerprint density at radius 1 is 1.45 bits per heavy atom. The monoisotopic (exact) mass is 275 g/mol. The van der Waals surface area contributed by atoms with E-state index in [1.165, 1.54) is 0 Å². The molecule has 1 atom stereocenters. The van der Waals surface area contributed by atoms with Crippen LogP contribution in [0.1, 0.15) is 19.0 Å². The number of amides is 1. The third kappa shape index (κ3) is 3.57. The molecule has 2 N–H and O–H groups in total. The van der Waals surface area contributed by atoms with E-state index in [4.69, 9.17) is 5.11 Å². The molecule has 2 aromatic heterocycles. The van der Waals surface area contributed by atoms with Crippen LogP contribution in [0.5, 0.6) is 0 Å². The van der Waals surface area contributed by atoms with Gasteiger partial charge in [-0.3, -0.25) is 9.59 Å². The predicted molar refractivity (Wildman–Crippen MR) is 73.3 cm³/mol. The van der Waals surface area contributed by atoms with Gasteiger partial charge in [0.15, 0.2) is 0 Å². The van der Waals surface area contributed by atoms with Crippen LogP contribution in [0, 0.1) is 5.92 Å². The van der Waals surface area contributed by atoms with Crippen molar-refractivity contribution >= 4 is 17.5 Å². The molecule has 0 aliphatic rings. The zero-order valence-corrected chi connectivity index (χ0v) is 11.2. The number of carbonyl (C=O) groups excluding carboxylic acids is 1. The standard InChI is InChI=1S/C14H17N3O3/c1-10(14(19)20)5-6-15-13(18)8-11-9-17-7-3-2-4-12(17)16-11/h2-4,7,9-10H,5-6,8H2,1H3,(H,15,18)(H,19,20). The number of carbonyl (C=O) groups is 2. The van der Waals surface area contributed by atoms with Crippen molar-refractivity contribution in [3.63, 3.8) is 0 Å². The van der Waals surface area contributed by atoms with Crippen LogP contribution in [0.25, 0.3) is 5.65 Å². The highest BCUT2D eigenvalue weighted by molar-refractivity contribution is 5.78. The van der Waals surface area contributed by atoms with Gasteiger partial charge in [0.25, 0.3) is 0 Å². The van der Waals surface area contributed by atoms with Crippen molar-refractivity contribution in [3.8, 4) is 0 Å². The summed E-state index contributed by atoms with van der Waals surface area (Å²) < 4.78 is 1.86. The van der Waals surface area contributed by atoms with Crippen molar-refractivity contribution < 1.29 is 14.7 Å². The van der Waals surface area contributed by atoms with Crippen LogP contribution in [0.15, 0.2) is 30.6 Å². The fourth-order valence-electron chi connectivity index (χ4n) is 1.85. The lowest BCUT2D eigenvalue weighted by Gasteiger charge is -2.06. The van der Waals surface area contributed by atoms with Crippen molar-refractivity contribution in [2.45, 2.75) is 19.8 Å². The van der Waals surface area contributed by atoms with E-state index in [2.05, 4.69) is 10.3 Å². The van der Waals surface area contributed by atoms with E-state index in [1.54, 1.807) is 6.92 Å². The van der Waals surface area contributed by atoms with E-state index in [9.17, 15) is 9.59 Å². The number of rotatable bonds is 6. The molecule has 2 rings (SSSR count). The van der Waals surface area contributed by atoms with Gasteiger partial charge in [-0.15, -0.1) is 0 Å². The summed E-state index contributed by atoms with van der Waals surface area (Å²) in [5, 5.41) is 11.4. The summed E-state index contributed by atoms with van der Waals surface area (Å²) in [7, 11) is 0. The minimum absolute atomic E-state index is 0.147. The summed E-state index contributed by atoms with van der Waals surface area (Å²) in [5.74, 6) is -1.45. The number of hydrogen-bond donors (Lipinski definition) is 2. The SMILES string of the molecule is CC(CCNC(=O)Cc1cn2ccccc2n1)C(=O)O. The molecule has 0 aliphatic carbocycles. The van der Waals surface area contributed by atoms with E-state index < -0.39 is 11.9 Å². The fourth-order valence-corrected chi connectivity index (χ4v) is 1.85. The average molecular weight is 275 g/mol. The lowest BCUT2D eigenvalue weighted by molar-refractivity contribution is -0.141. The van der Waals surface area contributed by atoms with Crippen LogP contribution in [-0.2, 0) is 16.0 Å². The third-order valence-electron chi connectivity index (χ3n) is 3.08. The Labute approximate surface area is 116 Å². The van der Waals surface area contributed by atoms with Crippen LogP contribution < -0.4 is 5.32 Å². The third-order valence-corrected chi connectivity index (χ3v) is 3.08. The molecule has 0 radical (unpaired) electrons. The molecule has 2 aromatic rings. The Balaban J connectivity index is 1.84. The molecule has 0 spiro atoms. The summed E-state index contributed by atoms with van der Waals surface area (Å²) >= 11 is 0. The van der Waals surface area contributed by atoms with E-state index >= 15 is 0 Å². The largest absolute Gasteiger partial charge is 0.481 e. The Kier molecular flexibility index (Phi) is 4.34. The molecule has 106 valence electrons. The minimum Gasteiger partial charge on any atom is -0.481 e. The minimum atomic E-state index is -0.848. The highest BCUT2D eigenvalue weighted by Gasteiger charge is 2.11. The number of aromatic nitrogens is 2. The van der Waals surface area contributed by atoms with Gasteiger partial charge in [0, 0.05) is 18.9 Å². The first-order valence-corrected chi connectivity index (χ1v) is 6.48. The molecule has 1 amide bonds. The number of pyridine rings is 1. The van der Waals surface area contributed by atoms with Gasteiger partial charge in [0.05, 0.1) is 18.0 Å². The first kappa shape index (κ1) is 14.0. The molecule has 6 nitrogen and oxygen atoms in total. The number of nitrogens with zero attached hydrogens (tertiary/aromatic N) is 2. The van der Waals surface area contributed by atoms with Crippen molar-refractivity contribution in [2.75, 3.05) is 6.54 Å². The Bertz CT molecular complexity index is 588. The van der Waals surface area contributed by atoms with E-state index in [-0.39, 0.29) is 12.3 Å². The van der Waals surface area contributed by atoms with Gasteiger partial charge in [-0.1, -0.05) is 13.0 Å². The predicted octanol–water partition coefficient (Wildman–Crippen LogP) is 1.10. The van der Waals surface area contributed by atoms with Crippen molar-refractivity contribution in [1.82, 2.24) is 14.7 Å². The molecular formula is C14H17N3O3. The molecule has 0 aliphatic heterocycles. The van der Waals surface area contributed by atoms with Gasteiger partial charge < -0.3 is 14.8 Å². The average Bonchev–Trinajstić information content (AvgIpc) is 2.80. The molecule has 20 heavy (non-hydrogen) atoms. The lowest BCUT2D eigenvalue weighted by atomic mass is 10.1. The van der Waals surface area contributed by atoms with Crippen molar-refractivity contribution in [3.05, 3.63) is 36.3 Å². The molecule has 0 fully saturated rings. The van der Waals surface area contributed by atoms with Gasteiger partial charge in [-0.2, -0.15) is 0 Å². The molecular weight excluding hydrogens is 258 g/mol. The summed E-state index contributed by atoms with van der Waals surface area (Å²) in [4.78, 5) is 26.7. The van der Waals surface area contributed by atoms with Gasteiger partial charge in [-0.25, -0.2) is 4.98 Å². The first-order chi connectivity index (χ1) is 9.56. The first-order valence-electron chi connectivity index (χ1n) is 6.48. The normalized spacial score (nSPS) is 12.2. The highest BCUT2D eigenvalue weighted by atomic mass is 16.4. The summed E-state index contributed by atoms with van der Waals surface area (Å²) in [6.07, 6.45) is 4.31. The zero-order chi connectivity index (χ0) is 14.5. The molecule has 6 heteroatoms. The lowest BCUT2D eigenvalue weighted by Crippen LogP contribution is -2.28. The van der Waals surface area contributed by atoms with E-state index in [1.807, 2.05) is 35.0 Å². The number of carboxylic acid groups (broad SMARTS) is 1. The number of nitrogens with one attached hydrogen (secondary N) is 1. The Hall–Kier alpha value is -2.37. The Morgan fingerprint density at radius 2 is 2.25 bits per heavy atom. The summed E-state index contributed by atoms with van der Waals surface area (Å²) in [6.45, 7) is 1.98. The number of hydrogen-bond acceptors (Lipinski definition) is 3. The van der Waals surface area contributed by atoms with Crippen LogP contribution in [-0.4, -0.2) is 32.9 Å². The smallest absolute Gasteiger partial charge is 0.306 e. The maximum atomic E-state index is 11.7. The van der Waals surface area contributed by atoms with Crippen LogP contribution >= 0.6 is 0 Å². The van der Waals surface area contributed by atoms with Gasteiger partial charge >= 0.3 is 5.97 Å². The molecule has 0 saturated carbocycles. The number of fused-ring (bicyclic) bond motifs is 1. The van der Waals surface area contributed by atoms with Crippen molar-refractivity contribution in [2.24, 2.45) is 5.92 Å². The maximum Gasteiger partial charge on any atom is 0.306 e. The molecule has 1 unspecified atom stereocenters. The second kappa shape index (κ2) is 6.18. The molecule has 0 bridgehead atoms. The maximum absolute atomic E-state index is 11.7. The van der Waals surface area contributed by atoms with E-state index in [0.29, 0.717) is 18.7 Å². The Morgan fingerprint density at radius 3 is 2.95 bits per heavy atom. The second-order valence-electron chi connectivity index (χ2n) is 4.75. The number of imidazole rings is 1. The van der Waals surface area contributed by atoms with Crippen LogP contribution in [0.2, 0.25) is 0 Å². The molecule has 0 saturated heterocycles. The fraction of sp³-hybridized carbons (Fsp3) is 0.357. The topological polar surface area (TPSA) is 83.7 Å². The van der Waals surface area contributed by atoms with E-state index in [0.717, 1.165) is 5.65 Å². The van der Waals surface area contributed by atoms with Crippen molar-refractivity contribution in [1.29, 1.82) is 0 Å². The number of aliphatic carboxylic acids is 1. The highest BCUT2D eigenvalue weighted by Crippen LogP contribution is 2.05. The molecule has 2 heterocycles. The summed E-state index contributed by atoms with van der Waals surface area (Å²) in [6, 6.07) is 5.65. The summed E-state index contributed by atoms with van der Waals surface area (Å²) in [5.41, 5.74) is 1.50. The van der Waals surface area contributed by atoms with Gasteiger partial charge in [0.1, 0.15) is 5.65 Å².